The van der Waals surface area contributed by atoms with Crippen LogP contribution < -0.4 is 5.32 Å². The van der Waals surface area contributed by atoms with E-state index in [1.165, 1.54) is 19.8 Å². The summed E-state index contributed by atoms with van der Waals surface area (Å²) < 4.78 is 4.51. The van der Waals surface area contributed by atoms with E-state index in [1.807, 2.05) is 0 Å². The van der Waals surface area contributed by atoms with Gasteiger partial charge < -0.3 is 10.1 Å². The van der Waals surface area contributed by atoms with Crippen molar-refractivity contribution in [2.24, 2.45) is 5.92 Å². The van der Waals surface area contributed by atoms with Gasteiger partial charge in [-0.2, -0.15) is 0 Å². The Labute approximate surface area is 71.3 Å². The summed E-state index contributed by atoms with van der Waals surface area (Å²) in [6.07, 6.45) is 2.40. The molecule has 0 unspecified atom stereocenters. The highest BCUT2D eigenvalue weighted by Crippen LogP contribution is 2.27. The molecule has 0 aliphatic heterocycles. The van der Waals surface area contributed by atoms with Gasteiger partial charge in [0.1, 0.15) is 0 Å². The summed E-state index contributed by atoms with van der Waals surface area (Å²) in [7, 11) is 0. The standard InChI is InChI=1S/C8H13NO3/c1-6(10)12-5-8(11)9-4-7-2-3-7/h7H,2-5H2,1H3,(H,9,11). The molecule has 1 rings (SSSR count). The third-order valence-corrected chi connectivity index (χ3v) is 1.69. The molecule has 1 aliphatic carbocycles. The van der Waals surface area contributed by atoms with E-state index >= 15 is 0 Å². The summed E-state index contributed by atoms with van der Waals surface area (Å²) in [5.41, 5.74) is 0. The van der Waals surface area contributed by atoms with E-state index in [2.05, 4.69) is 10.1 Å². The fraction of sp³-hybridized carbons (Fsp3) is 0.750. The Morgan fingerprint density at radius 2 is 2.17 bits per heavy atom. The van der Waals surface area contributed by atoms with Crippen molar-refractivity contribution in [1.82, 2.24) is 5.32 Å². The van der Waals surface area contributed by atoms with Crippen molar-refractivity contribution < 1.29 is 14.3 Å². The molecule has 0 aromatic heterocycles. The van der Waals surface area contributed by atoms with E-state index in [0.717, 1.165) is 6.54 Å². The van der Waals surface area contributed by atoms with Crippen molar-refractivity contribution in [3.8, 4) is 0 Å². The molecule has 0 bridgehead atoms. The van der Waals surface area contributed by atoms with E-state index in [-0.39, 0.29) is 12.5 Å². The van der Waals surface area contributed by atoms with E-state index in [4.69, 9.17) is 0 Å². The molecule has 0 saturated heterocycles. The van der Waals surface area contributed by atoms with E-state index < -0.39 is 5.97 Å². The van der Waals surface area contributed by atoms with Crippen LogP contribution in [0.25, 0.3) is 0 Å². The largest absolute Gasteiger partial charge is 0.456 e. The zero-order valence-electron chi connectivity index (χ0n) is 7.13. The SMILES string of the molecule is CC(=O)OCC(=O)NCC1CC1. The molecule has 1 fully saturated rings. The van der Waals surface area contributed by atoms with Crippen LogP contribution in [0.1, 0.15) is 19.8 Å². The van der Waals surface area contributed by atoms with Crippen molar-refractivity contribution in [3.63, 3.8) is 0 Å². The van der Waals surface area contributed by atoms with Gasteiger partial charge in [-0.15, -0.1) is 0 Å². The fourth-order valence-corrected chi connectivity index (χ4v) is 0.798. The number of esters is 1. The van der Waals surface area contributed by atoms with Crippen LogP contribution in [-0.4, -0.2) is 25.0 Å². The number of hydrogen-bond acceptors (Lipinski definition) is 3. The van der Waals surface area contributed by atoms with Crippen molar-refractivity contribution in [2.45, 2.75) is 19.8 Å². The van der Waals surface area contributed by atoms with E-state index in [0.29, 0.717) is 5.92 Å². The molecular formula is C8H13NO3. The fourth-order valence-electron chi connectivity index (χ4n) is 0.798. The number of carbonyl (C=O) groups excluding carboxylic acids is 2. The average Bonchev–Trinajstić information content (AvgIpc) is 2.80. The highest BCUT2D eigenvalue weighted by Gasteiger charge is 2.21. The van der Waals surface area contributed by atoms with Gasteiger partial charge in [0.25, 0.3) is 5.91 Å². The Hall–Kier alpha value is -1.06. The Morgan fingerprint density at radius 1 is 1.50 bits per heavy atom. The maximum atomic E-state index is 10.9. The molecule has 0 spiro atoms. The van der Waals surface area contributed by atoms with Gasteiger partial charge in [-0.25, -0.2) is 0 Å². The first-order valence-corrected chi connectivity index (χ1v) is 4.08. The van der Waals surface area contributed by atoms with Crippen LogP contribution in [0.5, 0.6) is 0 Å². The minimum atomic E-state index is -0.420. The summed E-state index contributed by atoms with van der Waals surface area (Å²) >= 11 is 0. The first-order valence-electron chi connectivity index (χ1n) is 4.08. The molecular weight excluding hydrogens is 158 g/mol. The van der Waals surface area contributed by atoms with Crippen LogP contribution in [0, 0.1) is 5.92 Å². The highest BCUT2D eigenvalue weighted by molar-refractivity contribution is 5.79. The van der Waals surface area contributed by atoms with Crippen molar-refractivity contribution in [3.05, 3.63) is 0 Å². The molecule has 12 heavy (non-hydrogen) atoms. The van der Waals surface area contributed by atoms with Crippen LogP contribution in [0.15, 0.2) is 0 Å². The number of hydrogen-bond donors (Lipinski definition) is 1. The Kier molecular flexibility index (Phi) is 3.08. The minimum absolute atomic E-state index is 0.151. The van der Waals surface area contributed by atoms with Gasteiger partial charge in [-0.05, 0) is 18.8 Å². The van der Waals surface area contributed by atoms with E-state index in [9.17, 15) is 9.59 Å². The van der Waals surface area contributed by atoms with Gasteiger partial charge in [0, 0.05) is 13.5 Å². The number of carbonyl (C=O) groups is 2. The monoisotopic (exact) mass is 171 g/mol. The first kappa shape index (κ1) is 9.03. The van der Waals surface area contributed by atoms with Gasteiger partial charge in [0.2, 0.25) is 0 Å². The predicted molar refractivity (Wildman–Crippen MR) is 42.4 cm³/mol. The lowest BCUT2D eigenvalue weighted by Gasteiger charge is -2.03. The van der Waals surface area contributed by atoms with Crippen molar-refractivity contribution >= 4 is 11.9 Å². The molecule has 1 saturated carbocycles. The maximum Gasteiger partial charge on any atom is 0.303 e. The minimum Gasteiger partial charge on any atom is -0.456 e. The zero-order valence-corrected chi connectivity index (χ0v) is 7.13. The Morgan fingerprint density at radius 3 is 2.67 bits per heavy atom. The maximum absolute atomic E-state index is 10.9. The predicted octanol–water partition coefficient (Wildman–Crippen LogP) is 0.0757. The second kappa shape index (κ2) is 4.09. The zero-order chi connectivity index (χ0) is 8.97. The molecule has 1 N–H and O–H groups in total. The second-order valence-electron chi connectivity index (χ2n) is 3.03. The number of rotatable bonds is 4. The number of ether oxygens (including phenoxy) is 1. The topological polar surface area (TPSA) is 55.4 Å². The summed E-state index contributed by atoms with van der Waals surface area (Å²) in [6.45, 7) is 1.86. The van der Waals surface area contributed by atoms with E-state index in [1.54, 1.807) is 0 Å². The summed E-state index contributed by atoms with van der Waals surface area (Å²) in [4.78, 5) is 21.2. The molecule has 68 valence electrons. The van der Waals surface area contributed by atoms with Gasteiger partial charge in [0.15, 0.2) is 6.61 Å². The normalized spacial score (nSPS) is 15.4. The van der Waals surface area contributed by atoms with Crippen LogP contribution >= 0.6 is 0 Å². The number of nitrogens with one attached hydrogen (secondary N) is 1. The summed E-state index contributed by atoms with van der Waals surface area (Å²) in [6, 6.07) is 0. The van der Waals surface area contributed by atoms with Crippen LogP contribution in [0.2, 0.25) is 0 Å². The lowest BCUT2D eigenvalue weighted by Crippen LogP contribution is -2.29. The van der Waals surface area contributed by atoms with Gasteiger partial charge in [-0.1, -0.05) is 0 Å². The Balaban J connectivity index is 1.98. The Bertz CT molecular complexity index is 187. The quantitative estimate of drug-likeness (QED) is 0.609. The van der Waals surface area contributed by atoms with Crippen LogP contribution in [0.3, 0.4) is 0 Å². The lowest BCUT2D eigenvalue weighted by atomic mass is 10.4. The molecule has 4 heteroatoms. The van der Waals surface area contributed by atoms with Gasteiger partial charge in [0.05, 0.1) is 0 Å². The van der Waals surface area contributed by atoms with Gasteiger partial charge >= 0.3 is 5.97 Å². The molecule has 1 aliphatic rings. The molecule has 0 radical (unpaired) electrons. The van der Waals surface area contributed by atoms with Gasteiger partial charge in [-0.3, -0.25) is 9.59 Å². The van der Waals surface area contributed by atoms with Crippen molar-refractivity contribution in [1.29, 1.82) is 0 Å². The van der Waals surface area contributed by atoms with Crippen LogP contribution in [0.4, 0.5) is 0 Å². The smallest absolute Gasteiger partial charge is 0.303 e. The second-order valence-corrected chi connectivity index (χ2v) is 3.03. The third kappa shape index (κ3) is 3.95. The molecule has 0 aromatic carbocycles. The summed E-state index contributed by atoms with van der Waals surface area (Å²) in [5, 5.41) is 2.68. The molecule has 0 heterocycles. The highest BCUT2D eigenvalue weighted by atomic mass is 16.5. The van der Waals surface area contributed by atoms with Crippen molar-refractivity contribution in [2.75, 3.05) is 13.2 Å². The summed E-state index contributed by atoms with van der Waals surface area (Å²) in [5.74, 6) is 0.0277. The first-order chi connectivity index (χ1) is 5.68. The van der Waals surface area contributed by atoms with Crippen LogP contribution in [-0.2, 0) is 14.3 Å². The molecule has 4 nitrogen and oxygen atoms in total. The lowest BCUT2D eigenvalue weighted by molar-refractivity contribution is -0.146. The average molecular weight is 171 g/mol. The molecule has 1 amide bonds. The third-order valence-electron chi connectivity index (χ3n) is 1.69. The number of amides is 1. The molecule has 0 aromatic rings. The molecule has 0 atom stereocenters.